The second-order valence-electron chi connectivity index (χ2n) is 6.42. The third-order valence-corrected chi connectivity index (χ3v) is 4.94. The fourth-order valence-electron chi connectivity index (χ4n) is 3.54. The van der Waals surface area contributed by atoms with Crippen LogP contribution in [0.3, 0.4) is 0 Å². The van der Waals surface area contributed by atoms with Gasteiger partial charge in [-0.05, 0) is 71.0 Å². The Morgan fingerprint density at radius 2 is 2.05 bits per heavy atom. The molecule has 0 aromatic heterocycles. The maximum absolute atomic E-state index is 12.1. The van der Waals surface area contributed by atoms with E-state index in [2.05, 4.69) is 29.4 Å². The van der Waals surface area contributed by atoms with Crippen LogP contribution in [0.5, 0.6) is 0 Å². The fraction of sp³-hybridized carbons (Fsp3) is 0.938. The number of carbonyl (C=O) groups excluding carboxylic acids is 1. The number of nitrogens with zero attached hydrogens (tertiary/aromatic N) is 1. The van der Waals surface area contributed by atoms with Crippen molar-refractivity contribution >= 4 is 5.91 Å². The summed E-state index contributed by atoms with van der Waals surface area (Å²) in [6, 6.07) is 0.748. The zero-order valence-corrected chi connectivity index (χ0v) is 13.2. The molecule has 0 aromatic carbocycles. The Labute approximate surface area is 123 Å². The van der Waals surface area contributed by atoms with E-state index in [0.29, 0.717) is 6.04 Å². The molecule has 0 saturated carbocycles. The van der Waals surface area contributed by atoms with Crippen LogP contribution in [-0.2, 0) is 4.79 Å². The van der Waals surface area contributed by atoms with Gasteiger partial charge in [-0.1, -0.05) is 6.92 Å². The summed E-state index contributed by atoms with van der Waals surface area (Å²) in [6.45, 7) is 8.68. The molecule has 20 heavy (non-hydrogen) atoms. The molecule has 0 aromatic rings. The minimum absolute atomic E-state index is 0.136. The number of rotatable bonds is 5. The van der Waals surface area contributed by atoms with E-state index in [1.54, 1.807) is 0 Å². The van der Waals surface area contributed by atoms with Crippen LogP contribution >= 0.6 is 0 Å². The van der Waals surface area contributed by atoms with Crippen molar-refractivity contribution in [3.8, 4) is 0 Å². The average Bonchev–Trinajstić information content (AvgIpc) is 2.69. The topological polar surface area (TPSA) is 44.4 Å². The smallest absolute Gasteiger partial charge is 0.237 e. The number of nitrogens with one attached hydrogen (secondary N) is 2. The van der Waals surface area contributed by atoms with Crippen molar-refractivity contribution in [3.63, 3.8) is 0 Å². The van der Waals surface area contributed by atoms with Crippen LogP contribution in [0, 0.1) is 5.92 Å². The fourth-order valence-corrected chi connectivity index (χ4v) is 3.54. The van der Waals surface area contributed by atoms with E-state index in [0.717, 1.165) is 44.9 Å². The molecule has 2 unspecified atom stereocenters. The minimum atomic E-state index is 0.136. The highest BCUT2D eigenvalue weighted by Crippen LogP contribution is 2.24. The molecule has 2 rings (SSSR count). The number of likely N-dealkylation sites (tertiary alicyclic amines) is 1. The van der Waals surface area contributed by atoms with Gasteiger partial charge in [0, 0.05) is 12.6 Å². The Kier molecular flexibility index (Phi) is 6.30. The predicted octanol–water partition coefficient (Wildman–Crippen LogP) is 1.76. The van der Waals surface area contributed by atoms with Crippen LogP contribution in [0.1, 0.15) is 52.4 Å². The van der Waals surface area contributed by atoms with Gasteiger partial charge in [-0.15, -0.1) is 0 Å². The first-order valence-electron chi connectivity index (χ1n) is 8.47. The second kappa shape index (κ2) is 7.99. The predicted molar refractivity (Wildman–Crippen MR) is 82.7 cm³/mol. The van der Waals surface area contributed by atoms with Crippen molar-refractivity contribution in [3.05, 3.63) is 0 Å². The molecule has 2 fully saturated rings. The molecule has 2 N–H and O–H groups in total. The summed E-state index contributed by atoms with van der Waals surface area (Å²) in [5.74, 6) is 1.03. The highest BCUT2D eigenvalue weighted by Gasteiger charge is 2.31. The lowest BCUT2D eigenvalue weighted by Gasteiger charge is -2.38. The lowest BCUT2D eigenvalue weighted by atomic mass is 9.89. The zero-order chi connectivity index (χ0) is 14.4. The molecule has 2 aliphatic rings. The van der Waals surface area contributed by atoms with Crippen LogP contribution < -0.4 is 10.6 Å². The molecule has 4 nitrogen and oxygen atoms in total. The molecule has 0 aliphatic carbocycles. The molecule has 0 bridgehead atoms. The highest BCUT2D eigenvalue weighted by molar-refractivity contribution is 5.81. The van der Waals surface area contributed by atoms with Crippen LogP contribution in [-0.4, -0.2) is 49.1 Å². The minimum Gasteiger partial charge on any atom is -0.355 e. The SMILES string of the molecule is CCCNC(C)C1CCN(C2CCCCNC2=O)CC1. The van der Waals surface area contributed by atoms with Crippen molar-refractivity contribution in [2.24, 2.45) is 5.92 Å². The van der Waals surface area contributed by atoms with E-state index in [4.69, 9.17) is 0 Å². The van der Waals surface area contributed by atoms with Gasteiger partial charge in [-0.25, -0.2) is 0 Å². The van der Waals surface area contributed by atoms with Gasteiger partial charge in [0.15, 0.2) is 0 Å². The summed E-state index contributed by atoms with van der Waals surface area (Å²) < 4.78 is 0. The van der Waals surface area contributed by atoms with Crippen LogP contribution in [0.4, 0.5) is 0 Å². The van der Waals surface area contributed by atoms with E-state index < -0.39 is 0 Å². The average molecular weight is 281 g/mol. The van der Waals surface area contributed by atoms with Crippen molar-refractivity contribution in [2.45, 2.75) is 64.5 Å². The third kappa shape index (κ3) is 4.19. The van der Waals surface area contributed by atoms with E-state index in [9.17, 15) is 4.79 Å². The highest BCUT2D eigenvalue weighted by atomic mass is 16.2. The summed E-state index contributed by atoms with van der Waals surface area (Å²) in [6.07, 6.45) is 7.00. The maximum Gasteiger partial charge on any atom is 0.237 e. The van der Waals surface area contributed by atoms with Gasteiger partial charge < -0.3 is 10.6 Å². The maximum atomic E-state index is 12.1. The molecule has 1 amide bonds. The molecule has 116 valence electrons. The van der Waals surface area contributed by atoms with Crippen molar-refractivity contribution in [1.82, 2.24) is 15.5 Å². The summed E-state index contributed by atoms with van der Waals surface area (Å²) >= 11 is 0. The van der Waals surface area contributed by atoms with Crippen molar-refractivity contribution < 1.29 is 4.79 Å². The summed E-state index contributed by atoms with van der Waals surface area (Å²) in [5.41, 5.74) is 0. The lowest BCUT2D eigenvalue weighted by molar-refractivity contribution is -0.126. The number of hydrogen-bond acceptors (Lipinski definition) is 3. The molecular formula is C16H31N3O. The van der Waals surface area contributed by atoms with Gasteiger partial charge in [0.05, 0.1) is 6.04 Å². The number of piperidine rings is 1. The normalized spacial score (nSPS) is 27.9. The standard InChI is InChI=1S/C16H31N3O/c1-3-9-17-13(2)14-7-11-19(12-8-14)15-6-4-5-10-18-16(15)20/h13-15,17H,3-12H2,1-2H3,(H,18,20). The Morgan fingerprint density at radius 1 is 1.30 bits per heavy atom. The molecule has 0 radical (unpaired) electrons. The second-order valence-corrected chi connectivity index (χ2v) is 6.42. The molecule has 4 heteroatoms. The summed E-state index contributed by atoms with van der Waals surface area (Å²) in [5, 5.41) is 6.68. The first-order valence-corrected chi connectivity index (χ1v) is 8.47. The molecule has 2 atom stereocenters. The lowest BCUT2D eigenvalue weighted by Crippen LogP contribution is -2.50. The Bertz CT molecular complexity index is 300. The summed E-state index contributed by atoms with van der Waals surface area (Å²) in [4.78, 5) is 14.5. The molecular weight excluding hydrogens is 250 g/mol. The van der Waals surface area contributed by atoms with Gasteiger partial charge in [-0.3, -0.25) is 9.69 Å². The first-order chi connectivity index (χ1) is 9.72. The largest absolute Gasteiger partial charge is 0.355 e. The molecule has 2 saturated heterocycles. The van der Waals surface area contributed by atoms with Gasteiger partial charge in [0.25, 0.3) is 0 Å². The van der Waals surface area contributed by atoms with Gasteiger partial charge in [0.2, 0.25) is 5.91 Å². The molecule has 2 heterocycles. The van der Waals surface area contributed by atoms with Crippen LogP contribution in [0.15, 0.2) is 0 Å². The molecule has 2 aliphatic heterocycles. The zero-order valence-electron chi connectivity index (χ0n) is 13.2. The van der Waals surface area contributed by atoms with Crippen molar-refractivity contribution in [1.29, 1.82) is 0 Å². The van der Waals surface area contributed by atoms with E-state index in [1.165, 1.54) is 25.7 Å². The Hall–Kier alpha value is -0.610. The number of hydrogen-bond donors (Lipinski definition) is 2. The van der Waals surface area contributed by atoms with Crippen LogP contribution in [0.2, 0.25) is 0 Å². The summed E-state index contributed by atoms with van der Waals surface area (Å²) in [7, 11) is 0. The Morgan fingerprint density at radius 3 is 2.75 bits per heavy atom. The van der Waals surface area contributed by atoms with E-state index in [1.807, 2.05) is 0 Å². The van der Waals surface area contributed by atoms with Crippen molar-refractivity contribution in [2.75, 3.05) is 26.2 Å². The van der Waals surface area contributed by atoms with Crippen LogP contribution in [0.25, 0.3) is 0 Å². The number of carbonyl (C=O) groups is 1. The number of amides is 1. The molecule has 0 spiro atoms. The van der Waals surface area contributed by atoms with E-state index in [-0.39, 0.29) is 11.9 Å². The quantitative estimate of drug-likeness (QED) is 0.807. The van der Waals surface area contributed by atoms with Gasteiger partial charge in [0.1, 0.15) is 0 Å². The monoisotopic (exact) mass is 281 g/mol. The van der Waals surface area contributed by atoms with Gasteiger partial charge in [-0.2, -0.15) is 0 Å². The third-order valence-electron chi connectivity index (χ3n) is 4.94. The van der Waals surface area contributed by atoms with Gasteiger partial charge >= 0.3 is 0 Å². The van der Waals surface area contributed by atoms with E-state index >= 15 is 0 Å². The first kappa shape index (κ1) is 15.8. The Balaban J connectivity index is 1.79.